The Balaban J connectivity index is 1.95. The summed E-state index contributed by atoms with van der Waals surface area (Å²) in [5.74, 6) is -1.65. The molecule has 0 bridgehead atoms. The number of fused-ring (bicyclic) bond motifs is 1. The van der Waals surface area contributed by atoms with Crippen molar-refractivity contribution in [1.82, 2.24) is 19.9 Å². The van der Waals surface area contributed by atoms with Crippen molar-refractivity contribution in [2.75, 3.05) is 0 Å². The minimum atomic E-state index is -1.35. The number of nitrogens with zero attached hydrogens (tertiary/aromatic N) is 2. The molecule has 0 saturated heterocycles. The molecule has 2 aromatic heterocycles. The summed E-state index contributed by atoms with van der Waals surface area (Å²) >= 11 is 12.3. The minimum absolute atomic E-state index is 0.00574. The molecule has 0 atom stereocenters. The second-order valence-corrected chi connectivity index (χ2v) is 6.23. The Bertz CT molecular complexity index is 1060. The Kier molecular flexibility index (Phi) is 4.97. The first kappa shape index (κ1) is 18.0. The van der Waals surface area contributed by atoms with Gasteiger partial charge in [0, 0.05) is 29.9 Å². The van der Waals surface area contributed by atoms with Crippen LogP contribution in [0.4, 0.5) is 0 Å². The van der Waals surface area contributed by atoms with Crippen LogP contribution in [0.2, 0.25) is 10.0 Å². The largest absolute Gasteiger partial charge is 0.477 e. The third-order valence-electron chi connectivity index (χ3n) is 3.71. The molecule has 0 aliphatic carbocycles. The maximum atomic E-state index is 12.0. The molecule has 0 unspecified atom stereocenters. The number of hydrogen-bond acceptors (Lipinski definition) is 4. The van der Waals surface area contributed by atoms with Gasteiger partial charge in [-0.1, -0.05) is 23.2 Å². The van der Waals surface area contributed by atoms with E-state index < -0.39 is 17.1 Å². The van der Waals surface area contributed by atoms with Gasteiger partial charge >= 0.3 is 5.97 Å². The van der Waals surface area contributed by atoms with Crippen molar-refractivity contribution in [3.8, 4) is 0 Å². The number of aromatic carboxylic acids is 1. The number of halogens is 2. The summed E-state index contributed by atoms with van der Waals surface area (Å²) < 4.78 is 1.59. The second kappa shape index (κ2) is 7.19. The molecule has 0 fully saturated rings. The van der Waals surface area contributed by atoms with E-state index in [0.717, 1.165) is 0 Å². The number of carboxylic acids is 1. The fraction of sp³-hybridized carbons (Fsp3) is 0.125. The minimum Gasteiger partial charge on any atom is -0.477 e. The normalized spacial score (nSPS) is 10.8. The highest BCUT2D eigenvalue weighted by Crippen LogP contribution is 2.32. The number of nitrogens with one attached hydrogen (secondary N) is 2. The van der Waals surface area contributed by atoms with E-state index in [1.165, 1.54) is 18.5 Å². The number of aromatic amines is 1. The summed E-state index contributed by atoms with van der Waals surface area (Å²) in [6.07, 6.45) is 4.71. The van der Waals surface area contributed by atoms with E-state index in [1.807, 2.05) is 0 Å². The molecule has 0 saturated carbocycles. The van der Waals surface area contributed by atoms with Crippen molar-refractivity contribution in [2.24, 2.45) is 0 Å². The third-order valence-corrected chi connectivity index (χ3v) is 4.53. The molecule has 0 spiro atoms. The van der Waals surface area contributed by atoms with E-state index in [-0.39, 0.29) is 29.0 Å². The summed E-state index contributed by atoms with van der Waals surface area (Å²) in [6.45, 7) is 0.0710. The van der Waals surface area contributed by atoms with Crippen LogP contribution in [0.5, 0.6) is 0 Å². The zero-order valence-electron chi connectivity index (χ0n) is 13.1. The maximum Gasteiger partial charge on any atom is 0.341 e. The van der Waals surface area contributed by atoms with Gasteiger partial charge in [0.25, 0.3) is 5.56 Å². The van der Waals surface area contributed by atoms with Crippen LogP contribution in [0, 0.1) is 0 Å². The summed E-state index contributed by atoms with van der Waals surface area (Å²) in [5.41, 5.74) is -0.472. The predicted octanol–water partition coefficient (Wildman–Crippen LogP) is 2.05. The van der Waals surface area contributed by atoms with Crippen molar-refractivity contribution in [3.05, 3.63) is 62.4 Å². The van der Waals surface area contributed by atoms with E-state index in [4.69, 9.17) is 28.3 Å². The van der Waals surface area contributed by atoms with Crippen LogP contribution < -0.4 is 10.9 Å². The molecule has 26 heavy (non-hydrogen) atoms. The van der Waals surface area contributed by atoms with Gasteiger partial charge in [-0.3, -0.25) is 9.59 Å². The monoisotopic (exact) mass is 394 g/mol. The molecule has 0 radical (unpaired) electrons. The summed E-state index contributed by atoms with van der Waals surface area (Å²) in [7, 11) is 0. The molecule has 1 amide bonds. The van der Waals surface area contributed by atoms with E-state index >= 15 is 0 Å². The first-order chi connectivity index (χ1) is 12.4. The number of carboxylic acid groups (broad SMARTS) is 1. The van der Waals surface area contributed by atoms with Crippen molar-refractivity contribution in [2.45, 2.75) is 13.1 Å². The SMILES string of the molecule is O=C(Cn1ccnc1)NCc1c(Cl)c(Cl)cc2cc(C(=O)O)c(=O)[nH]c12. The third kappa shape index (κ3) is 3.56. The molecular formula is C16H12Cl2N4O4. The van der Waals surface area contributed by atoms with Gasteiger partial charge in [-0.25, -0.2) is 9.78 Å². The fourth-order valence-electron chi connectivity index (χ4n) is 2.48. The number of pyridine rings is 1. The van der Waals surface area contributed by atoms with Crippen LogP contribution in [-0.4, -0.2) is 31.5 Å². The van der Waals surface area contributed by atoms with Crippen LogP contribution in [0.3, 0.4) is 0 Å². The van der Waals surface area contributed by atoms with Crippen molar-refractivity contribution in [3.63, 3.8) is 0 Å². The van der Waals surface area contributed by atoms with E-state index in [2.05, 4.69) is 15.3 Å². The van der Waals surface area contributed by atoms with Gasteiger partial charge in [0.1, 0.15) is 12.1 Å². The van der Waals surface area contributed by atoms with Gasteiger partial charge in [0.05, 0.1) is 21.9 Å². The smallest absolute Gasteiger partial charge is 0.341 e. The number of amides is 1. The molecule has 134 valence electrons. The quantitative estimate of drug-likeness (QED) is 0.611. The zero-order valence-corrected chi connectivity index (χ0v) is 14.6. The molecular weight excluding hydrogens is 383 g/mol. The van der Waals surface area contributed by atoms with Crippen LogP contribution in [0.15, 0.2) is 35.6 Å². The zero-order chi connectivity index (χ0) is 18.8. The highest BCUT2D eigenvalue weighted by Gasteiger charge is 2.17. The van der Waals surface area contributed by atoms with Crippen LogP contribution in [0.1, 0.15) is 15.9 Å². The molecule has 3 N–H and O–H groups in total. The van der Waals surface area contributed by atoms with Crippen LogP contribution in [-0.2, 0) is 17.9 Å². The average Bonchev–Trinajstić information content (AvgIpc) is 3.08. The number of benzene rings is 1. The lowest BCUT2D eigenvalue weighted by atomic mass is 10.1. The van der Waals surface area contributed by atoms with Gasteiger partial charge in [-0.15, -0.1) is 0 Å². The lowest BCUT2D eigenvalue weighted by Gasteiger charge is -2.12. The summed E-state index contributed by atoms with van der Waals surface area (Å²) in [5, 5.41) is 12.5. The van der Waals surface area contributed by atoms with Gasteiger partial charge in [0.15, 0.2) is 0 Å². The first-order valence-corrected chi connectivity index (χ1v) is 8.12. The molecule has 8 nitrogen and oxygen atoms in total. The molecule has 3 aromatic rings. The fourth-order valence-corrected chi connectivity index (χ4v) is 2.92. The lowest BCUT2D eigenvalue weighted by Crippen LogP contribution is -2.27. The number of H-pyrrole nitrogens is 1. The Labute approximate surface area is 156 Å². The molecule has 1 aromatic carbocycles. The number of aromatic nitrogens is 3. The summed E-state index contributed by atoms with van der Waals surface area (Å²) in [6, 6.07) is 2.67. The Morgan fingerprint density at radius 3 is 2.73 bits per heavy atom. The van der Waals surface area contributed by atoms with Crippen molar-refractivity contribution >= 4 is 46.0 Å². The topological polar surface area (TPSA) is 117 Å². The van der Waals surface area contributed by atoms with E-state index in [1.54, 1.807) is 17.0 Å². The van der Waals surface area contributed by atoms with Crippen LogP contribution in [0.25, 0.3) is 10.9 Å². The molecule has 3 rings (SSSR count). The van der Waals surface area contributed by atoms with E-state index in [9.17, 15) is 14.4 Å². The van der Waals surface area contributed by atoms with Gasteiger partial charge in [-0.2, -0.15) is 0 Å². The standard InChI is InChI=1S/C16H12Cl2N4O4/c17-11-4-8-3-9(16(25)26)15(24)21-14(8)10(13(11)18)5-20-12(23)6-22-2-1-19-7-22/h1-4,7H,5-6H2,(H,20,23)(H,21,24)(H,25,26). The second-order valence-electron chi connectivity index (χ2n) is 5.44. The summed E-state index contributed by atoms with van der Waals surface area (Å²) in [4.78, 5) is 41.5. The number of imidazole rings is 1. The molecule has 0 aliphatic heterocycles. The van der Waals surface area contributed by atoms with Crippen molar-refractivity contribution in [1.29, 1.82) is 0 Å². The predicted molar refractivity (Wildman–Crippen MR) is 95.6 cm³/mol. The molecule has 0 aliphatic rings. The number of hydrogen-bond donors (Lipinski definition) is 3. The highest BCUT2D eigenvalue weighted by molar-refractivity contribution is 6.43. The molecule has 2 heterocycles. The Hall–Kier alpha value is -2.84. The number of carbonyl (C=O) groups is 2. The first-order valence-electron chi connectivity index (χ1n) is 7.36. The van der Waals surface area contributed by atoms with Crippen molar-refractivity contribution < 1.29 is 14.7 Å². The molecule has 10 heteroatoms. The van der Waals surface area contributed by atoms with Gasteiger partial charge in [0.2, 0.25) is 5.91 Å². The number of rotatable bonds is 5. The van der Waals surface area contributed by atoms with Crippen LogP contribution >= 0.6 is 23.2 Å². The lowest BCUT2D eigenvalue weighted by molar-refractivity contribution is -0.121. The van der Waals surface area contributed by atoms with Gasteiger partial charge in [-0.05, 0) is 12.1 Å². The Morgan fingerprint density at radius 1 is 1.31 bits per heavy atom. The average molecular weight is 395 g/mol. The van der Waals surface area contributed by atoms with E-state index in [0.29, 0.717) is 16.5 Å². The highest BCUT2D eigenvalue weighted by atomic mass is 35.5. The maximum absolute atomic E-state index is 12.0. The van der Waals surface area contributed by atoms with Gasteiger partial charge < -0.3 is 20.0 Å². The Morgan fingerprint density at radius 2 is 2.08 bits per heavy atom. The number of carbonyl (C=O) groups excluding carboxylic acids is 1.